The number of nitrogens with one attached hydrogen (secondary N) is 1. The van der Waals surface area contributed by atoms with E-state index in [2.05, 4.69) is 20.7 Å². The molecule has 1 N–H and O–H groups in total. The van der Waals surface area contributed by atoms with Gasteiger partial charge in [-0.05, 0) is 38.1 Å². The maximum absolute atomic E-state index is 14.2. The van der Waals surface area contributed by atoms with Gasteiger partial charge in [0.05, 0.1) is 42.0 Å². The van der Waals surface area contributed by atoms with Crippen molar-refractivity contribution in [3.05, 3.63) is 103 Å². The fraction of sp³-hybridized carbons (Fsp3) is 0.265. The van der Waals surface area contributed by atoms with Crippen molar-refractivity contribution in [1.29, 1.82) is 0 Å². The van der Waals surface area contributed by atoms with Crippen LogP contribution in [0.1, 0.15) is 23.0 Å². The molecule has 1 aliphatic heterocycles. The molecule has 0 aliphatic carbocycles. The minimum atomic E-state index is -3.49. The molecule has 3 aromatic carbocycles. The summed E-state index contributed by atoms with van der Waals surface area (Å²) >= 11 is 0. The lowest BCUT2D eigenvalue weighted by Gasteiger charge is -2.42. The summed E-state index contributed by atoms with van der Waals surface area (Å²) in [5, 5.41) is 1.02. The summed E-state index contributed by atoms with van der Waals surface area (Å²) in [4.78, 5) is 27.6. The number of hydrogen-bond acceptors (Lipinski definition) is 7. The van der Waals surface area contributed by atoms with Crippen LogP contribution in [0.2, 0.25) is 0 Å². The van der Waals surface area contributed by atoms with E-state index in [0.717, 1.165) is 45.4 Å². The standard InChI is InChI=1S/C34H36N6O4S/c1-4-44-30-10-7-9-27(19-30)40-23-32(37-33(40)25-14-12-24(2)13-15-25)34(41)39-17-16-38(22-29(39)21-36-45(3,42)43)28-18-26-8-5-6-11-31(26)35-20-28/h5-15,18-20,23,29,36H,4,16-17,21-22H2,1-3H3/t29-/m0/s1. The van der Waals surface area contributed by atoms with Crippen molar-refractivity contribution in [2.24, 2.45) is 0 Å². The van der Waals surface area contributed by atoms with Crippen molar-refractivity contribution < 1.29 is 17.9 Å². The summed E-state index contributed by atoms with van der Waals surface area (Å²) in [5.41, 5.74) is 4.89. The Hall–Kier alpha value is -4.74. The third kappa shape index (κ3) is 6.84. The lowest BCUT2D eigenvalue weighted by Crippen LogP contribution is -2.59. The molecule has 5 aromatic rings. The summed E-state index contributed by atoms with van der Waals surface area (Å²) in [6, 6.07) is 25.2. The Morgan fingerprint density at radius 2 is 1.80 bits per heavy atom. The van der Waals surface area contributed by atoms with Gasteiger partial charge in [0.15, 0.2) is 0 Å². The number of aryl methyl sites for hydroxylation is 1. The van der Waals surface area contributed by atoms with Crippen LogP contribution in [0, 0.1) is 6.92 Å². The zero-order valence-electron chi connectivity index (χ0n) is 25.6. The summed E-state index contributed by atoms with van der Waals surface area (Å²) in [7, 11) is -3.49. The first-order chi connectivity index (χ1) is 21.7. The van der Waals surface area contributed by atoms with E-state index in [-0.39, 0.29) is 18.1 Å². The molecule has 10 nitrogen and oxygen atoms in total. The number of benzene rings is 3. The van der Waals surface area contributed by atoms with Crippen LogP contribution < -0.4 is 14.4 Å². The van der Waals surface area contributed by atoms with E-state index in [1.807, 2.05) is 97.4 Å². The van der Waals surface area contributed by atoms with Gasteiger partial charge in [0.2, 0.25) is 10.0 Å². The topological polar surface area (TPSA) is 110 Å². The lowest BCUT2D eigenvalue weighted by molar-refractivity contribution is 0.0655. The van der Waals surface area contributed by atoms with Gasteiger partial charge in [0.1, 0.15) is 17.3 Å². The minimum absolute atomic E-state index is 0.0734. The van der Waals surface area contributed by atoms with Crippen LogP contribution in [-0.4, -0.2) is 78.8 Å². The molecule has 1 aliphatic rings. The van der Waals surface area contributed by atoms with Crippen LogP contribution in [0.3, 0.4) is 0 Å². The molecule has 45 heavy (non-hydrogen) atoms. The molecule has 1 atom stereocenters. The van der Waals surface area contributed by atoms with E-state index in [1.165, 1.54) is 0 Å². The van der Waals surface area contributed by atoms with Crippen LogP contribution in [0.25, 0.3) is 28.0 Å². The molecule has 0 unspecified atom stereocenters. The number of piperazine rings is 1. The molecule has 2 aromatic heterocycles. The van der Waals surface area contributed by atoms with Crippen molar-refractivity contribution >= 4 is 32.5 Å². The molecule has 0 radical (unpaired) electrons. The zero-order chi connectivity index (χ0) is 31.6. The van der Waals surface area contributed by atoms with Gasteiger partial charge < -0.3 is 14.5 Å². The third-order valence-electron chi connectivity index (χ3n) is 7.91. The molecule has 3 heterocycles. The predicted octanol–water partition coefficient (Wildman–Crippen LogP) is 4.67. The lowest BCUT2D eigenvalue weighted by atomic mass is 10.1. The number of rotatable bonds is 9. The van der Waals surface area contributed by atoms with E-state index >= 15 is 0 Å². The molecule has 1 fully saturated rings. The van der Waals surface area contributed by atoms with E-state index in [4.69, 9.17) is 9.72 Å². The Morgan fingerprint density at radius 3 is 2.58 bits per heavy atom. The highest BCUT2D eigenvalue weighted by Gasteiger charge is 2.33. The van der Waals surface area contributed by atoms with Gasteiger partial charge in [-0.2, -0.15) is 0 Å². The Morgan fingerprint density at radius 1 is 1.00 bits per heavy atom. The number of carbonyl (C=O) groups is 1. The highest BCUT2D eigenvalue weighted by molar-refractivity contribution is 7.88. The highest BCUT2D eigenvalue weighted by Crippen LogP contribution is 2.28. The summed E-state index contributed by atoms with van der Waals surface area (Å²) in [6.45, 7) is 5.93. The second-order valence-electron chi connectivity index (χ2n) is 11.2. The number of para-hydroxylation sites is 1. The number of pyridine rings is 1. The first-order valence-corrected chi connectivity index (χ1v) is 16.8. The molecular weight excluding hydrogens is 588 g/mol. The number of sulfonamides is 1. The monoisotopic (exact) mass is 624 g/mol. The number of aromatic nitrogens is 3. The van der Waals surface area contributed by atoms with Crippen molar-refractivity contribution in [2.45, 2.75) is 19.9 Å². The Balaban J connectivity index is 1.34. The molecule has 1 amide bonds. The smallest absolute Gasteiger partial charge is 0.274 e. The Kier molecular flexibility index (Phi) is 8.55. The number of hydrogen-bond donors (Lipinski definition) is 1. The SMILES string of the molecule is CCOc1cccc(-n2cc(C(=O)N3CCN(c4cnc5ccccc5c4)C[C@@H]3CNS(C)(=O)=O)nc2-c2ccc(C)cc2)c1. The maximum atomic E-state index is 14.2. The molecular formula is C34H36N6O4S. The van der Waals surface area contributed by atoms with Gasteiger partial charge in [-0.15, -0.1) is 0 Å². The minimum Gasteiger partial charge on any atom is -0.494 e. The van der Waals surface area contributed by atoms with E-state index in [9.17, 15) is 13.2 Å². The number of anilines is 1. The fourth-order valence-corrected chi connectivity index (χ4v) is 6.13. The van der Waals surface area contributed by atoms with Crippen LogP contribution >= 0.6 is 0 Å². The van der Waals surface area contributed by atoms with Gasteiger partial charge in [-0.1, -0.05) is 54.1 Å². The first kappa shape index (κ1) is 30.3. The maximum Gasteiger partial charge on any atom is 0.274 e. The van der Waals surface area contributed by atoms with Gasteiger partial charge in [-0.25, -0.2) is 18.1 Å². The van der Waals surface area contributed by atoms with Gasteiger partial charge in [-0.3, -0.25) is 14.3 Å². The van der Waals surface area contributed by atoms with Gasteiger partial charge in [0.25, 0.3) is 5.91 Å². The van der Waals surface area contributed by atoms with Crippen molar-refractivity contribution in [3.8, 4) is 22.8 Å². The first-order valence-electron chi connectivity index (χ1n) is 14.9. The van der Waals surface area contributed by atoms with E-state index in [0.29, 0.717) is 32.1 Å². The molecule has 1 saturated heterocycles. The average molecular weight is 625 g/mol. The van der Waals surface area contributed by atoms with Gasteiger partial charge >= 0.3 is 0 Å². The number of nitrogens with zero attached hydrogens (tertiary/aromatic N) is 5. The highest BCUT2D eigenvalue weighted by atomic mass is 32.2. The Bertz CT molecular complexity index is 1940. The van der Waals surface area contributed by atoms with Crippen molar-refractivity contribution in [3.63, 3.8) is 0 Å². The summed E-state index contributed by atoms with van der Waals surface area (Å²) in [6.07, 6.45) is 4.70. The zero-order valence-corrected chi connectivity index (χ0v) is 26.4. The van der Waals surface area contributed by atoms with E-state index in [1.54, 1.807) is 11.1 Å². The quantitative estimate of drug-likeness (QED) is 0.254. The number of fused-ring (bicyclic) bond motifs is 1. The van der Waals surface area contributed by atoms with Gasteiger partial charge in [0, 0.05) is 49.4 Å². The number of carbonyl (C=O) groups excluding carboxylic acids is 1. The van der Waals surface area contributed by atoms with Crippen molar-refractivity contribution in [1.82, 2.24) is 24.2 Å². The van der Waals surface area contributed by atoms with Crippen LogP contribution in [0.15, 0.2) is 91.3 Å². The molecule has 0 saturated carbocycles. The van der Waals surface area contributed by atoms with Crippen LogP contribution in [-0.2, 0) is 10.0 Å². The predicted molar refractivity (Wildman–Crippen MR) is 177 cm³/mol. The van der Waals surface area contributed by atoms with Crippen molar-refractivity contribution in [2.75, 3.05) is 43.9 Å². The van der Waals surface area contributed by atoms with E-state index < -0.39 is 16.1 Å². The normalized spacial score (nSPS) is 15.4. The number of imidazole rings is 1. The number of ether oxygens (including phenoxy) is 1. The molecule has 0 spiro atoms. The second kappa shape index (κ2) is 12.7. The molecule has 6 rings (SSSR count). The third-order valence-corrected chi connectivity index (χ3v) is 8.60. The van der Waals surface area contributed by atoms with Crippen LogP contribution in [0.5, 0.6) is 5.75 Å². The fourth-order valence-electron chi connectivity index (χ4n) is 5.64. The largest absolute Gasteiger partial charge is 0.494 e. The molecule has 0 bridgehead atoms. The second-order valence-corrected chi connectivity index (χ2v) is 13.1. The summed E-state index contributed by atoms with van der Waals surface area (Å²) in [5.74, 6) is 1.08. The van der Waals surface area contributed by atoms with Crippen LogP contribution in [0.4, 0.5) is 5.69 Å². The molecule has 11 heteroatoms. The Labute approximate surface area is 263 Å². The summed E-state index contributed by atoms with van der Waals surface area (Å²) < 4.78 is 34.5. The average Bonchev–Trinajstić information content (AvgIpc) is 3.49. The molecule has 232 valence electrons. The number of amides is 1.